The lowest BCUT2D eigenvalue weighted by atomic mass is 9.71. The average molecular weight is 756 g/mol. The van der Waals surface area contributed by atoms with Crippen molar-refractivity contribution in [3.63, 3.8) is 0 Å². The van der Waals surface area contributed by atoms with Crippen molar-refractivity contribution in [2.24, 2.45) is 17.3 Å². The maximum Gasteiger partial charge on any atom is 0.305 e. The molecule has 7 nitrogen and oxygen atoms in total. The molecule has 0 saturated carbocycles. The predicted octanol–water partition coefficient (Wildman–Crippen LogP) is 10.9. The molecule has 52 heavy (non-hydrogen) atoms. The van der Waals surface area contributed by atoms with Crippen molar-refractivity contribution in [2.75, 3.05) is 0 Å². The van der Waals surface area contributed by atoms with Crippen LogP contribution in [-0.2, 0) is 18.4 Å². The Morgan fingerprint density at radius 2 is 1.54 bits per heavy atom. The lowest BCUT2D eigenvalue weighted by Gasteiger charge is -2.47. The van der Waals surface area contributed by atoms with Crippen LogP contribution in [0.25, 0.3) is 6.08 Å². The summed E-state index contributed by atoms with van der Waals surface area (Å²) in [5.41, 5.74) is 1.81. The highest BCUT2D eigenvalue weighted by Gasteiger charge is 2.50. The van der Waals surface area contributed by atoms with Crippen molar-refractivity contribution in [3.05, 3.63) is 47.3 Å². The highest BCUT2D eigenvalue weighted by Crippen LogP contribution is 2.45. The Labute approximate surface area is 319 Å². The van der Waals surface area contributed by atoms with Gasteiger partial charge in [-0.1, -0.05) is 80.0 Å². The van der Waals surface area contributed by atoms with E-state index in [1.54, 1.807) is 6.20 Å². The Bertz CT molecular complexity index is 1400. The Balaban J connectivity index is 3.41. The number of terminal acetylenes is 1. The number of allylic oxidation sites excluding steroid dienone is 1. The second-order valence-corrected chi connectivity index (χ2v) is 28.1. The average Bonchev–Trinajstić information content (AvgIpc) is 3.01. The zero-order valence-electron chi connectivity index (χ0n) is 35.4. The summed E-state index contributed by atoms with van der Waals surface area (Å²) >= 11 is 0. The molecule has 0 amide bonds. The van der Waals surface area contributed by atoms with Crippen LogP contribution in [0.2, 0.25) is 36.3 Å². The van der Waals surface area contributed by atoms with E-state index in [1.165, 1.54) is 5.57 Å². The van der Waals surface area contributed by atoms with Gasteiger partial charge in [0.2, 0.25) is 0 Å². The number of pyridine rings is 1. The van der Waals surface area contributed by atoms with Crippen molar-refractivity contribution >= 4 is 34.5 Å². The lowest BCUT2D eigenvalue weighted by Crippen LogP contribution is -2.55. The van der Waals surface area contributed by atoms with Gasteiger partial charge in [-0.2, -0.15) is 0 Å². The van der Waals surface area contributed by atoms with Crippen LogP contribution < -0.4 is 0 Å². The van der Waals surface area contributed by atoms with Crippen LogP contribution in [0.3, 0.4) is 0 Å². The number of aliphatic hydroxyl groups is 1. The van der Waals surface area contributed by atoms with E-state index in [0.717, 1.165) is 30.5 Å². The van der Waals surface area contributed by atoms with E-state index in [4.69, 9.17) is 15.3 Å². The van der Waals surface area contributed by atoms with Crippen LogP contribution in [-0.4, -0.2) is 61.9 Å². The van der Waals surface area contributed by atoms with E-state index < -0.39 is 46.1 Å². The number of carbonyl (C=O) groups is 2. The molecule has 0 aliphatic rings. The molecule has 0 unspecified atom stereocenters. The molecule has 0 fully saturated rings. The Hall–Kier alpha value is -2.36. The largest absolute Gasteiger partial charge is 0.481 e. The topological polar surface area (TPSA) is 106 Å². The molecule has 1 aromatic heterocycles. The highest BCUT2D eigenvalue weighted by molar-refractivity contribution is 6.74. The SMILES string of the molecule is C#CCC[C@@H](C(=O)C(C)(C)[C@H](CC(=O)O)O[Si](C)(C)C(C)(C)C)[C@@H](O[Si](C)(C)C(C)(C)C)[C@@H](C)CCC/C(C)=C\C[C@H](O)/C(C)=C/c1ccccn1. The molecule has 2 N–H and O–H groups in total. The van der Waals surface area contributed by atoms with Gasteiger partial charge in [-0.3, -0.25) is 14.6 Å². The van der Waals surface area contributed by atoms with Crippen molar-refractivity contribution < 1.29 is 28.7 Å². The third-order valence-corrected chi connectivity index (χ3v) is 20.6. The van der Waals surface area contributed by atoms with Crippen LogP contribution >= 0.6 is 0 Å². The summed E-state index contributed by atoms with van der Waals surface area (Å²) in [7, 11) is -4.78. The normalized spacial score (nSPS) is 16.8. The summed E-state index contributed by atoms with van der Waals surface area (Å²) < 4.78 is 14.0. The molecule has 0 spiro atoms. The third kappa shape index (κ3) is 14.5. The molecule has 1 aromatic rings. The number of hydrogen-bond donors (Lipinski definition) is 2. The number of rotatable bonds is 21. The van der Waals surface area contributed by atoms with Gasteiger partial charge in [0, 0.05) is 24.0 Å². The van der Waals surface area contributed by atoms with Crippen molar-refractivity contribution in [3.8, 4) is 12.3 Å². The second-order valence-electron chi connectivity index (χ2n) is 18.6. The van der Waals surface area contributed by atoms with Gasteiger partial charge in [-0.25, -0.2) is 0 Å². The van der Waals surface area contributed by atoms with Gasteiger partial charge in [0.1, 0.15) is 5.78 Å². The number of carboxylic acid groups (broad SMARTS) is 1. The first-order valence-corrected chi connectivity index (χ1v) is 25.0. The second kappa shape index (κ2) is 19.8. The summed E-state index contributed by atoms with van der Waals surface area (Å²) in [4.78, 5) is 31.5. The fourth-order valence-corrected chi connectivity index (χ4v) is 8.70. The van der Waals surface area contributed by atoms with Gasteiger partial charge in [-0.05, 0) is 112 Å². The van der Waals surface area contributed by atoms with E-state index in [0.29, 0.717) is 19.3 Å². The Kier molecular flexibility index (Phi) is 18.2. The first-order chi connectivity index (χ1) is 23.7. The number of aliphatic hydroxyl groups excluding tert-OH is 1. The molecular formula is C43H73NO6Si2. The summed E-state index contributed by atoms with van der Waals surface area (Å²) in [5, 5.41) is 20.5. The van der Waals surface area contributed by atoms with Crippen molar-refractivity contribution in [2.45, 2.75) is 176 Å². The van der Waals surface area contributed by atoms with Crippen LogP contribution in [0.5, 0.6) is 0 Å². The fourth-order valence-electron chi connectivity index (χ4n) is 5.83. The minimum atomic E-state index is -2.43. The first kappa shape index (κ1) is 47.7. The standard InChI is InChI=1S/C43H73NO6Si2/c1-17-18-25-35(40(48)43(11,12)37(30-38(46)47)49-51(13,14)41(5,6)7)39(50-52(15,16)42(8,9)10)32(3)23-21-22-31(2)26-27-36(45)33(4)29-34-24-19-20-28-44-34/h1,19-20,24,26,28-29,32,35-37,39,45H,18,21-23,25,27,30H2,2-16H3,(H,46,47)/b31-26-,33-29+/t32-,35+,36-,37-,39-/m0/s1. The molecule has 0 saturated heterocycles. The quantitative estimate of drug-likeness (QED) is 0.0731. The van der Waals surface area contributed by atoms with Gasteiger partial charge >= 0.3 is 5.97 Å². The summed E-state index contributed by atoms with van der Waals surface area (Å²) in [6, 6.07) is 5.72. The molecule has 1 rings (SSSR count). The number of carboxylic acids is 1. The van der Waals surface area contributed by atoms with Crippen molar-refractivity contribution in [1.82, 2.24) is 4.98 Å². The number of ketones is 1. The van der Waals surface area contributed by atoms with Crippen LogP contribution in [0.15, 0.2) is 41.6 Å². The summed E-state index contributed by atoms with van der Waals surface area (Å²) in [6.07, 6.45) is 13.6. The molecule has 0 aliphatic heterocycles. The number of aliphatic carboxylic acids is 1. The van der Waals surface area contributed by atoms with Crippen LogP contribution in [0, 0.1) is 29.6 Å². The molecule has 0 radical (unpaired) electrons. The number of carbonyl (C=O) groups excluding carboxylic acids is 1. The van der Waals surface area contributed by atoms with E-state index in [-0.39, 0.29) is 34.3 Å². The van der Waals surface area contributed by atoms with E-state index in [1.807, 2.05) is 45.0 Å². The number of Topliss-reactive ketones (excluding diaryl/α,β-unsaturated/α-hetero) is 1. The zero-order chi connectivity index (χ0) is 40.3. The summed E-state index contributed by atoms with van der Waals surface area (Å²) in [6.45, 7) is 31.5. The zero-order valence-corrected chi connectivity index (χ0v) is 37.4. The third-order valence-electron chi connectivity index (χ3n) is 11.7. The molecular weight excluding hydrogens is 683 g/mol. The molecule has 294 valence electrons. The molecule has 0 bridgehead atoms. The number of aromatic nitrogens is 1. The minimum absolute atomic E-state index is 0.0394. The number of hydrogen-bond acceptors (Lipinski definition) is 6. The monoisotopic (exact) mass is 755 g/mol. The summed E-state index contributed by atoms with van der Waals surface area (Å²) in [5.74, 6) is 1.26. The molecule has 9 heteroatoms. The van der Waals surface area contributed by atoms with Crippen molar-refractivity contribution in [1.29, 1.82) is 0 Å². The molecule has 1 heterocycles. The predicted molar refractivity (Wildman–Crippen MR) is 222 cm³/mol. The maximum atomic E-state index is 15.0. The van der Waals surface area contributed by atoms with E-state index in [9.17, 15) is 19.8 Å². The van der Waals surface area contributed by atoms with Gasteiger partial charge in [-0.15, -0.1) is 12.3 Å². The molecule has 0 aliphatic carbocycles. The van der Waals surface area contributed by atoms with Gasteiger partial charge in [0.05, 0.1) is 30.4 Å². The first-order valence-electron chi connectivity index (χ1n) is 19.2. The van der Waals surface area contributed by atoms with Crippen LogP contribution in [0.1, 0.15) is 127 Å². The van der Waals surface area contributed by atoms with Gasteiger partial charge in [0.15, 0.2) is 16.6 Å². The Morgan fingerprint density at radius 1 is 0.962 bits per heavy atom. The van der Waals surface area contributed by atoms with Crippen LogP contribution in [0.4, 0.5) is 0 Å². The highest BCUT2D eigenvalue weighted by atomic mass is 28.4. The lowest BCUT2D eigenvalue weighted by molar-refractivity contribution is -0.147. The molecule has 5 atom stereocenters. The van der Waals surface area contributed by atoms with E-state index in [2.05, 4.69) is 98.6 Å². The van der Waals surface area contributed by atoms with Gasteiger partial charge < -0.3 is 19.1 Å². The minimum Gasteiger partial charge on any atom is -0.481 e. The van der Waals surface area contributed by atoms with Gasteiger partial charge in [0.25, 0.3) is 0 Å². The number of nitrogens with zero attached hydrogens (tertiary/aromatic N) is 1. The Morgan fingerprint density at radius 3 is 2.04 bits per heavy atom. The smallest absolute Gasteiger partial charge is 0.305 e. The maximum absolute atomic E-state index is 15.0. The fraction of sp³-hybridized carbons (Fsp3) is 0.698. The molecule has 0 aromatic carbocycles. The van der Waals surface area contributed by atoms with E-state index >= 15 is 0 Å².